The summed E-state index contributed by atoms with van der Waals surface area (Å²) >= 11 is 0. The first-order chi connectivity index (χ1) is 41.0. The fourth-order valence-electron chi connectivity index (χ4n) is 15.7. The fraction of sp³-hybridized carbons (Fsp3) is 0.354. The Morgan fingerprint density at radius 3 is 1.33 bits per heavy atom. The molecule has 446 valence electrons. The van der Waals surface area contributed by atoms with Gasteiger partial charge in [0.15, 0.2) is 0 Å². The van der Waals surface area contributed by atoms with E-state index in [1.54, 1.807) is 6.07 Å². The smallest absolute Gasteiger partial charge is 0.316 e. The number of esters is 1. The van der Waals surface area contributed by atoms with Gasteiger partial charge in [0, 0.05) is 45.5 Å². The van der Waals surface area contributed by atoms with E-state index in [0.717, 1.165) is 72.4 Å². The topological polar surface area (TPSA) is 114 Å². The summed E-state index contributed by atoms with van der Waals surface area (Å²) in [6, 6.07) is 60.7. The highest BCUT2D eigenvalue weighted by Crippen LogP contribution is 2.98. The van der Waals surface area contributed by atoms with Crippen molar-refractivity contribution < 1.29 is 30.0 Å². The number of hydrogen-bond acceptors (Lipinski definition) is 8. The molecule has 4 N–H and O–H groups in total. The van der Waals surface area contributed by atoms with Gasteiger partial charge in [0.25, 0.3) is 0 Å². The number of aliphatic hydroxyl groups excluding tert-OH is 2. The molecule has 87 heavy (non-hydrogen) atoms. The molecule has 9 aromatic rings. The number of carbonyl (C=O) groups is 1. The van der Waals surface area contributed by atoms with E-state index >= 15 is 4.79 Å². The van der Waals surface area contributed by atoms with Gasteiger partial charge in [-0.1, -0.05) is 174 Å². The van der Waals surface area contributed by atoms with Crippen molar-refractivity contribution in [3.63, 3.8) is 0 Å². The van der Waals surface area contributed by atoms with Crippen molar-refractivity contribution in [2.45, 2.75) is 149 Å². The molecule has 4 fully saturated rings. The van der Waals surface area contributed by atoms with Crippen LogP contribution >= 0.6 is 0 Å². The summed E-state index contributed by atoms with van der Waals surface area (Å²) in [4.78, 5) is 19.9. The van der Waals surface area contributed by atoms with Gasteiger partial charge >= 0.3 is 5.97 Å². The van der Waals surface area contributed by atoms with Crippen molar-refractivity contribution in [3.8, 4) is 11.5 Å². The average Bonchev–Trinajstić information content (AvgIpc) is 1.40. The molecule has 9 unspecified atom stereocenters. The zero-order chi connectivity index (χ0) is 61.8. The van der Waals surface area contributed by atoms with Crippen LogP contribution in [0, 0.1) is 42.4 Å². The summed E-state index contributed by atoms with van der Waals surface area (Å²) in [7, 11) is 0. The van der Waals surface area contributed by atoms with Gasteiger partial charge in [0.1, 0.15) is 23.5 Å². The van der Waals surface area contributed by atoms with Crippen molar-refractivity contribution >= 4 is 61.6 Å². The molecular weight excluding hydrogens is 1070 g/mol. The molecule has 4 aliphatic carbocycles. The molecule has 1 spiro atoms. The zero-order valence-corrected chi connectivity index (χ0v) is 53.0. The maximum Gasteiger partial charge on any atom is 0.316 e. The van der Waals surface area contributed by atoms with E-state index in [-0.39, 0.29) is 51.6 Å². The van der Waals surface area contributed by atoms with Crippen LogP contribution in [0.1, 0.15) is 145 Å². The first-order valence-electron chi connectivity index (χ1n) is 31.2. The maximum absolute atomic E-state index is 15.3. The van der Waals surface area contributed by atoms with E-state index in [0.29, 0.717) is 11.1 Å². The lowest BCUT2D eigenvalue weighted by atomic mass is 9.83. The summed E-state index contributed by atoms with van der Waals surface area (Å²) < 4.78 is 6.27. The lowest BCUT2D eigenvalue weighted by Gasteiger charge is -2.30. The Kier molecular flexibility index (Phi) is 13.4. The van der Waals surface area contributed by atoms with Crippen molar-refractivity contribution in [1.29, 1.82) is 0 Å². The molecule has 0 aromatic heterocycles. The number of carbonyl (C=O) groups excluding carboxylic acids is 1. The Labute approximate surface area is 514 Å². The number of nitrogens with zero attached hydrogens (tertiary/aromatic N) is 2. The molecule has 4 aliphatic rings. The Morgan fingerprint density at radius 2 is 0.885 bits per heavy atom. The molecule has 8 nitrogen and oxygen atoms in total. The van der Waals surface area contributed by atoms with Crippen molar-refractivity contribution in [2.24, 2.45) is 28.6 Å². The summed E-state index contributed by atoms with van der Waals surface area (Å²) in [5.41, 5.74) is 12.6. The lowest BCUT2D eigenvalue weighted by molar-refractivity contribution is -0.160. The van der Waals surface area contributed by atoms with Crippen LogP contribution in [0.4, 0.5) is 34.1 Å². The Bertz CT molecular complexity index is 4200. The number of phenols is 2. The van der Waals surface area contributed by atoms with Crippen molar-refractivity contribution in [2.75, 3.05) is 9.80 Å². The highest BCUT2D eigenvalue weighted by molar-refractivity contribution is 5.96. The van der Waals surface area contributed by atoms with Gasteiger partial charge in [-0.15, -0.1) is 0 Å². The molecule has 4 saturated carbocycles. The van der Waals surface area contributed by atoms with Crippen LogP contribution in [0.15, 0.2) is 176 Å². The normalized spacial score (nSPS) is 23.8. The van der Waals surface area contributed by atoms with Crippen LogP contribution in [0.25, 0.3) is 21.5 Å². The fourth-order valence-corrected chi connectivity index (χ4v) is 15.7. The number of ether oxygens (including phenoxy) is 1. The van der Waals surface area contributed by atoms with Gasteiger partial charge in [-0.2, -0.15) is 0 Å². The monoisotopic (exact) mass is 1160 g/mol. The number of rotatable bonds is 11. The first-order valence-corrected chi connectivity index (χ1v) is 31.2. The van der Waals surface area contributed by atoms with Crippen LogP contribution in [-0.4, -0.2) is 38.6 Å². The number of aromatic hydroxyl groups is 2. The Balaban J connectivity index is 0.854. The number of aryl methyl sites for hydroxylation is 2. The Morgan fingerprint density at radius 1 is 0.460 bits per heavy atom. The summed E-state index contributed by atoms with van der Waals surface area (Å²) in [5.74, 6) is -2.62. The predicted octanol–water partition coefficient (Wildman–Crippen LogP) is 18.4. The van der Waals surface area contributed by atoms with Gasteiger partial charge < -0.3 is 35.0 Å². The highest BCUT2D eigenvalue weighted by Gasteiger charge is 3.03. The van der Waals surface area contributed by atoms with Gasteiger partial charge in [-0.3, -0.25) is 4.79 Å². The standard InChI is InChI=1S/C79H84N2O6/c1-45-36-54(76(9,10)11)26-34-62(45)80(56-30-22-52(23-31-56)74(3,4)5)58-28-20-48-40-60(64(82)42-50(48)38-58)66-67-68(66)71(84)79(73(86)87-44-47-18-16-15-17-19-47)70(78(79)69(67)72(78)85)61-41-49-21-29-59(39-51(49)43-65(61)83)81(57-32-24-53(25-33-57)75(6,7)8)63-35-27-55(37-46(63)2)77(12,13)14/h15-43,66-72,82-85H,44H2,1-14H3. The predicted molar refractivity (Wildman–Crippen MR) is 354 cm³/mol. The van der Waals surface area contributed by atoms with Crippen molar-refractivity contribution in [3.05, 3.63) is 226 Å². The lowest BCUT2D eigenvalue weighted by Crippen LogP contribution is -2.39. The minimum atomic E-state index is -1.56. The molecule has 0 heterocycles. The number of hydrogen-bond donors (Lipinski definition) is 4. The molecule has 0 saturated heterocycles. The third-order valence-electron chi connectivity index (χ3n) is 20.5. The summed E-state index contributed by atoms with van der Waals surface area (Å²) in [5, 5.41) is 53.9. The van der Waals surface area contributed by atoms with Crippen molar-refractivity contribution in [1.82, 2.24) is 0 Å². The van der Waals surface area contributed by atoms with E-state index in [4.69, 9.17) is 4.74 Å². The number of fused-ring (bicyclic) bond motifs is 4. The van der Waals surface area contributed by atoms with Crippen LogP contribution in [0.2, 0.25) is 0 Å². The van der Waals surface area contributed by atoms with Crippen LogP contribution < -0.4 is 9.80 Å². The number of phenolic OH excluding ortho intramolecular Hbond substituents is 2. The van der Waals surface area contributed by atoms with Gasteiger partial charge in [0.2, 0.25) is 0 Å². The molecule has 8 heteroatoms. The number of anilines is 6. The second-order valence-electron chi connectivity index (χ2n) is 30.0. The van der Waals surface area contributed by atoms with Gasteiger partial charge in [-0.25, -0.2) is 0 Å². The van der Waals surface area contributed by atoms with Gasteiger partial charge in [0.05, 0.1) is 12.2 Å². The molecule has 0 radical (unpaired) electrons. The van der Waals surface area contributed by atoms with E-state index < -0.39 is 46.8 Å². The molecule has 0 amide bonds. The first kappa shape index (κ1) is 58.1. The molecule has 0 aliphatic heterocycles. The van der Waals surface area contributed by atoms with Crippen LogP contribution in [0.3, 0.4) is 0 Å². The largest absolute Gasteiger partial charge is 0.508 e. The number of aliphatic hydroxyl groups is 2. The number of benzene rings is 9. The molecule has 9 atom stereocenters. The highest BCUT2D eigenvalue weighted by atomic mass is 16.5. The van der Waals surface area contributed by atoms with E-state index in [1.807, 2.05) is 48.5 Å². The third kappa shape index (κ3) is 9.33. The van der Waals surface area contributed by atoms with Crippen LogP contribution in [-0.2, 0) is 37.8 Å². The van der Waals surface area contributed by atoms with Gasteiger partial charge in [-0.05, 0) is 216 Å². The molecule has 0 bridgehead atoms. The molecule has 13 rings (SSSR count). The maximum atomic E-state index is 15.3. The second kappa shape index (κ2) is 20.1. The minimum Gasteiger partial charge on any atom is -0.508 e. The summed E-state index contributed by atoms with van der Waals surface area (Å²) in [6.45, 7) is 31.0. The van der Waals surface area contributed by atoms with E-state index in [1.165, 1.54) is 22.3 Å². The zero-order valence-electron chi connectivity index (χ0n) is 53.0. The van der Waals surface area contributed by atoms with E-state index in [2.05, 4.69) is 228 Å². The van der Waals surface area contributed by atoms with Crippen LogP contribution in [0.5, 0.6) is 11.5 Å². The quantitative estimate of drug-likeness (QED) is 0.0948. The minimum absolute atomic E-state index is 0.00478. The van der Waals surface area contributed by atoms with E-state index in [9.17, 15) is 20.4 Å². The Hall–Kier alpha value is -7.91. The third-order valence-corrected chi connectivity index (χ3v) is 20.5. The SMILES string of the molecule is Cc1cc(C(C)(C)C)ccc1N(c1ccc(C(C)(C)C)cc1)c1ccc2cc(C3C4C3C3C(O)C35C(c3cc6ccc(N(c7ccc(C(C)(C)C)cc7)c7ccc(C(C)(C)C)cc7C)cc6cc3O)C5(C(=O)OCc3ccccc3)C4O)c(O)cc2c1. The summed E-state index contributed by atoms with van der Waals surface area (Å²) in [6.07, 6.45) is -2.21. The average molecular weight is 1160 g/mol. The molecular formula is C79H84N2O6. The molecule has 9 aromatic carbocycles. The second-order valence-corrected chi connectivity index (χ2v) is 30.0.